The number of phenolic OH excluding ortho intramolecular Hbond substituents is 1. The summed E-state index contributed by atoms with van der Waals surface area (Å²) in [6.07, 6.45) is 4.82. The summed E-state index contributed by atoms with van der Waals surface area (Å²) in [5.74, 6) is -2.66. The minimum absolute atomic E-state index is 0.119. The number of rotatable bonds is 5. The Balaban J connectivity index is 1.45. The van der Waals surface area contributed by atoms with E-state index in [-0.39, 0.29) is 57.2 Å². The van der Waals surface area contributed by atoms with E-state index in [0.29, 0.717) is 30.7 Å². The van der Waals surface area contributed by atoms with Crippen LogP contribution in [0.4, 0.5) is 0 Å². The molecular formula is C33H39N3O6. The van der Waals surface area contributed by atoms with Crippen LogP contribution in [-0.2, 0) is 22.6 Å². The number of carbonyl (C=O) groups excluding carboxylic acids is 2. The second kappa shape index (κ2) is 10.2. The summed E-state index contributed by atoms with van der Waals surface area (Å²) in [5, 5.41) is 33.7. The van der Waals surface area contributed by atoms with E-state index in [2.05, 4.69) is 25.3 Å². The molecule has 4 aliphatic rings. The number of aliphatic hydroxyl groups excluding tert-OH is 2. The Morgan fingerprint density at radius 2 is 1.83 bits per heavy atom. The quantitative estimate of drug-likeness (QED) is 0.411. The van der Waals surface area contributed by atoms with Gasteiger partial charge >= 0.3 is 0 Å². The number of Topliss-reactive ketones (excluding diaryl/α,β-unsaturated/α-hetero) is 1. The Morgan fingerprint density at radius 3 is 2.48 bits per heavy atom. The molecule has 2 aromatic rings. The number of aromatic hydroxyl groups is 1. The molecule has 1 aliphatic heterocycles. The van der Waals surface area contributed by atoms with Gasteiger partial charge in [-0.1, -0.05) is 6.58 Å². The minimum atomic E-state index is -0.848. The van der Waals surface area contributed by atoms with E-state index in [1.165, 1.54) is 6.07 Å². The summed E-state index contributed by atoms with van der Waals surface area (Å²) >= 11 is 0. The molecule has 6 rings (SSSR count). The van der Waals surface area contributed by atoms with Crippen molar-refractivity contribution < 1.29 is 29.3 Å². The topological polar surface area (TPSA) is 140 Å². The van der Waals surface area contributed by atoms with Crippen LogP contribution in [-0.4, -0.2) is 69.0 Å². The lowest BCUT2D eigenvalue weighted by molar-refractivity contribution is -0.123. The van der Waals surface area contributed by atoms with Crippen molar-refractivity contribution in [2.45, 2.75) is 64.2 Å². The van der Waals surface area contributed by atoms with Crippen molar-refractivity contribution in [2.24, 2.45) is 23.5 Å². The summed E-state index contributed by atoms with van der Waals surface area (Å²) in [6.45, 7) is 9.21. The van der Waals surface area contributed by atoms with Gasteiger partial charge in [0.2, 0.25) is 0 Å². The molecule has 3 aliphatic carbocycles. The van der Waals surface area contributed by atoms with Crippen LogP contribution in [0.3, 0.4) is 0 Å². The maximum atomic E-state index is 14.1. The summed E-state index contributed by atoms with van der Waals surface area (Å²) in [5.41, 5.74) is 8.63. The number of phenols is 1. The molecule has 42 heavy (non-hydrogen) atoms. The summed E-state index contributed by atoms with van der Waals surface area (Å²) in [6, 6.07) is 5.62. The molecule has 222 valence electrons. The first-order chi connectivity index (χ1) is 19.9. The molecular weight excluding hydrogens is 534 g/mol. The molecule has 0 radical (unpaired) electrons. The van der Waals surface area contributed by atoms with Crippen LogP contribution in [0.1, 0.15) is 49.8 Å². The second-order valence-electron chi connectivity index (χ2n) is 12.7. The van der Waals surface area contributed by atoms with Gasteiger partial charge in [-0.15, -0.1) is 0 Å². The van der Waals surface area contributed by atoms with E-state index in [0.717, 1.165) is 36.1 Å². The van der Waals surface area contributed by atoms with E-state index >= 15 is 0 Å². The summed E-state index contributed by atoms with van der Waals surface area (Å²) in [4.78, 5) is 30.7. The third-order valence-electron chi connectivity index (χ3n) is 10.1. The first-order valence-electron chi connectivity index (χ1n) is 14.7. The molecule has 9 nitrogen and oxygen atoms in total. The number of benzene rings is 1. The van der Waals surface area contributed by atoms with Crippen LogP contribution < -0.4 is 5.73 Å². The number of amides is 1. The maximum Gasteiger partial charge on any atom is 0.252 e. The third-order valence-corrected chi connectivity index (χ3v) is 10.1. The van der Waals surface area contributed by atoms with Gasteiger partial charge in [0, 0.05) is 35.3 Å². The van der Waals surface area contributed by atoms with Gasteiger partial charge in [-0.05, 0) is 94.8 Å². The molecule has 9 heteroatoms. The zero-order valence-corrected chi connectivity index (χ0v) is 24.6. The Hall–Kier alpha value is -3.82. The van der Waals surface area contributed by atoms with Gasteiger partial charge in [0.25, 0.3) is 5.91 Å². The van der Waals surface area contributed by atoms with Gasteiger partial charge in [-0.3, -0.25) is 19.4 Å². The number of likely N-dealkylation sites (tertiary alicyclic amines) is 1. The number of fused-ring (bicyclic) bond motifs is 3. The highest BCUT2D eigenvalue weighted by atomic mass is 16.3. The molecule has 1 saturated heterocycles. The number of primary amides is 1. The molecule has 3 unspecified atom stereocenters. The lowest BCUT2D eigenvalue weighted by atomic mass is 9.58. The average molecular weight is 574 g/mol. The van der Waals surface area contributed by atoms with Crippen molar-refractivity contribution in [1.29, 1.82) is 0 Å². The summed E-state index contributed by atoms with van der Waals surface area (Å²) < 4.78 is 6.05. The smallest absolute Gasteiger partial charge is 0.252 e. The predicted octanol–water partition coefficient (Wildman–Crippen LogP) is 4.47. The van der Waals surface area contributed by atoms with Gasteiger partial charge in [0.15, 0.2) is 5.78 Å². The average Bonchev–Trinajstić information content (AvgIpc) is 3.50. The highest BCUT2D eigenvalue weighted by Crippen LogP contribution is 2.53. The van der Waals surface area contributed by atoms with Gasteiger partial charge in [-0.2, -0.15) is 0 Å². The minimum Gasteiger partial charge on any atom is -0.510 e. The van der Waals surface area contributed by atoms with Crippen molar-refractivity contribution in [3.8, 4) is 17.1 Å². The molecule has 1 amide bonds. The van der Waals surface area contributed by atoms with Crippen LogP contribution in [0.15, 0.2) is 57.9 Å². The van der Waals surface area contributed by atoms with E-state index < -0.39 is 17.9 Å². The van der Waals surface area contributed by atoms with Crippen LogP contribution in [0.5, 0.6) is 5.75 Å². The Kier molecular flexibility index (Phi) is 6.85. The molecule has 1 aromatic heterocycles. The highest BCUT2D eigenvalue weighted by Gasteiger charge is 2.53. The molecule has 2 fully saturated rings. The third kappa shape index (κ3) is 4.13. The summed E-state index contributed by atoms with van der Waals surface area (Å²) in [7, 11) is 3.57. The lowest BCUT2D eigenvalue weighted by Gasteiger charge is -2.47. The van der Waals surface area contributed by atoms with Gasteiger partial charge in [0.05, 0.1) is 29.4 Å². The SMILES string of the molecule is C=C1C(C(N)=O)=C(O)[C@@H](N(C)C)C2CC3Cc4c(-c5occc5CN5[C@H](C)CC[C@H]5C)ccc(O)c4C(O)=C3C(=O)C12. The van der Waals surface area contributed by atoms with E-state index in [4.69, 9.17) is 10.2 Å². The van der Waals surface area contributed by atoms with Crippen molar-refractivity contribution in [3.05, 3.63) is 70.2 Å². The van der Waals surface area contributed by atoms with E-state index in [1.807, 2.05) is 12.1 Å². The first-order valence-corrected chi connectivity index (χ1v) is 14.7. The maximum absolute atomic E-state index is 14.1. The Labute approximate surface area is 245 Å². The molecule has 6 atom stereocenters. The van der Waals surface area contributed by atoms with Crippen molar-refractivity contribution in [2.75, 3.05) is 14.1 Å². The molecule has 2 heterocycles. The normalized spacial score (nSPS) is 29.6. The number of allylic oxidation sites excluding steroid dienone is 1. The van der Waals surface area contributed by atoms with Gasteiger partial charge < -0.3 is 25.5 Å². The monoisotopic (exact) mass is 573 g/mol. The number of hydrogen-bond acceptors (Lipinski definition) is 8. The number of aliphatic hydroxyl groups is 2. The highest BCUT2D eigenvalue weighted by molar-refractivity contribution is 6.10. The largest absolute Gasteiger partial charge is 0.510 e. The predicted molar refractivity (Wildman–Crippen MR) is 158 cm³/mol. The fourth-order valence-corrected chi connectivity index (χ4v) is 8.11. The molecule has 5 N–H and O–H groups in total. The fourth-order valence-electron chi connectivity index (χ4n) is 8.11. The zero-order valence-electron chi connectivity index (χ0n) is 24.6. The number of furan rings is 1. The molecule has 0 spiro atoms. The first kappa shape index (κ1) is 28.3. The van der Waals surface area contributed by atoms with E-state index in [1.54, 1.807) is 25.3 Å². The van der Waals surface area contributed by atoms with Crippen LogP contribution in [0.25, 0.3) is 17.1 Å². The van der Waals surface area contributed by atoms with Crippen LogP contribution in [0.2, 0.25) is 0 Å². The second-order valence-corrected chi connectivity index (χ2v) is 12.7. The van der Waals surface area contributed by atoms with E-state index in [9.17, 15) is 24.9 Å². The number of carbonyl (C=O) groups is 2. The Morgan fingerprint density at radius 1 is 1.14 bits per heavy atom. The lowest BCUT2D eigenvalue weighted by Crippen LogP contribution is -2.52. The van der Waals surface area contributed by atoms with Crippen molar-refractivity contribution in [1.82, 2.24) is 9.80 Å². The fraction of sp³-hybridized carbons (Fsp3) is 0.455. The van der Waals surface area contributed by atoms with Gasteiger partial charge in [-0.25, -0.2) is 0 Å². The number of hydrogen-bond donors (Lipinski definition) is 4. The molecule has 1 aromatic carbocycles. The number of likely N-dealkylation sites (N-methyl/N-ethyl adjacent to an activating group) is 1. The van der Waals surface area contributed by atoms with Crippen LogP contribution >= 0.6 is 0 Å². The number of ketones is 1. The number of nitrogens with zero attached hydrogens (tertiary/aromatic N) is 2. The zero-order chi connectivity index (χ0) is 30.2. The van der Waals surface area contributed by atoms with Gasteiger partial charge in [0.1, 0.15) is 23.0 Å². The molecule has 1 saturated carbocycles. The standard InChI is InChI=1S/C33H39N3O6/c1-15-6-7-16(2)36(15)14-18-10-11-42-32(18)20-8-9-23(37)27-21(20)12-19-13-22-24(29(38)26(19)30(27)39)17(3)25(33(34)41)31(40)28(22)35(4)5/h8-11,15-16,19,22,24,28,37,39-40H,3,6-7,12-14H2,1-2,4-5H3,(H2,34,41)/t15-,16-,19?,22?,24?,28+/m1/s1. The van der Waals surface area contributed by atoms with Crippen molar-refractivity contribution >= 4 is 17.4 Å². The Bertz CT molecular complexity index is 1560. The van der Waals surface area contributed by atoms with Crippen LogP contribution in [0, 0.1) is 17.8 Å². The van der Waals surface area contributed by atoms with Crippen molar-refractivity contribution in [3.63, 3.8) is 0 Å². The number of nitrogens with two attached hydrogens (primary N) is 1. The molecule has 0 bridgehead atoms.